The molecule has 0 spiro atoms. The third-order valence-electron chi connectivity index (χ3n) is 3.80. The first kappa shape index (κ1) is 14.4. The molecule has 8 heteroatoms. The van der Waals surface area contributed by atoms with Crippen molar-refractivity contribution in [2.24, 2.45) is 5.41 Å². The maximum absolute atomic E-state index is 11.8. The molecule has 2 N–H and O–H groups in total. The Kier molecular flexibility index (Phi) is 4.65. The van der Waals surface area contributed by atoms with Crippen molar-refractivity contribution in [3.8, 4) is 0 Å². The summed E-state index contributed by atoms with van der Waals surface area (Å²) in [6.45, 7) is 0.455. The second-order valence-corrected chi connectivity index (χ2v) is 5.42. The first-order valence-corrected chi connectivity index (χ1v) is 6.79. The van der Waals surface area contributed by atoms with Gasteiger partial charge < -0.3 is 10.4 Å². The summed E-state index contributed by atoms with van der Waals surface area (Å²) in [5.41, 5.74) is -0.305. The number of carbonyl (C=O) groups excluding carboxylic acids is 1. The van der Waals surface area contributed by atoms with E-state index in [1.165, 1.54) is 11.0 Å². The van der Waals surface area contributed by atoms with Gasteiger partial charge in [0.1, 0.15) is 12.9 Å². The third-order valence-corrected chi connectivity index (χ3v) is 3.80. The summed E-state index contributed by atoms with van der Waals surface area (Å²) in [7, 11) is 0. The lowest BCUT2D eigenvalue weighted by atomic mass is 9.71. The maximum atomic E-state index is 11.8. The van der Waals surface area contributed by atoms with Gasteiger partial charge in [0.05, 0.1) is 6.42 Å². The van der Waals surface area contributed by atoms with E-state index in [1.807, 2.05) is 0 Å². The lowest BCUT2D eigenvalue weighted by Crippen LogP contribution is -2.41. The molecule has 0 aromatic carbocycles. The molecule has 110 valence electrons. The molecule has 20 heavy (non-hydrogen) atoms. The van der Waals surface area contributed by atoms with E-state index in [9.17, 15) is 9.59 Å². The van der Waals surface area contributed by atoms with Gasteiger partial charge >= 0.3 is 5.97 Å². The highest BCUT2D eigenvalue weighted by molar-refractivity contribution is 5.75. The van der Waals surface area contributed by atoms with Crippen molar-refractivity contribution < 1.29 is 14.7 Å². The molecule has 0 unspecified atom stereocenters. The van der Waals surface area contributed by atoms with Gasteiger partial charge in [-0.15, -0.1) is 5.10 Å². The van der Waals surface area contributed by atoms with Crippen LogP contribution in [0.1, 0.15) is 38.5 Å². The number of nitrogens with one attached hydrogen (secondary N) is 1. The molecule has 0 aliphatic heterocycles. The van der Waals surface area contributed by atoms with E-state index in [0.29, 0.717) is 6.54 Å². The van der Waals surface area contributed by atoms with Gasteiger partial charge in [0, 0.05) is 6.54 Å². The Balaban J connectivity index is 1.87. The molecule has 1 amide bonds. The topological polar surface area (TPSA) is 110 Å². The van der Waals surface area contributed by atoms with Crippen LogP contribution in [0.4, 0.5) is 0 Å². The van der Waals surface area contributed by atoms with Crippen molar-refractivity contribution in [2.45, 2.75) is 45.1 Å². The minimum absolute atomic E-state index is 0.0517. The van der Waals surface area contributed by atoms with E-state index in [2.05, 4.69) is 20.8 Å². The number of aromatic nitrogens is 4. The largest absolute Gasteiger partial charge is 0.481 e. The Labute approximate surface area is 116 Å². The third kappa shape index (κ3) is 4.01. The van der Waals surface area contributed by atoms with Gasteiger partial charge in [0.15, 0.2) is 0 Å². The Morgan fingerprint density at radius 1 is 1.30 bits per heavy atom. The van der Waals surface area contributed by atoms with Crippen LogP contribution in [-0.4, -0.2) is 43.7 Å². The molecule has 1 aliphatic rings. The zero-order chi connectivity index (χ0) is 14.4. The molecule has 1 aliphatic carbocycles. The summed E-state index contributed by atoms with van der Waals surface area (Å²) in [6.07, 6.45) is 6.37. The number of nitrogens with zero attached hydrogens (tertiary/aromatic N) is 4. The number of rotatable bonds is 6. The smallest absolute Gasteiger partial charge is 0.303 e. The molecule has 1 aromatic heterocycles. The molecule has 0 atom stereocenters. The second-order valence-electron chi connectivity index (χ2n) is 5.42. The summed E-state index contributed by atoms with van der Waals surface area (Å²) < 4.78 is 1.33. The van der Waals surface area contributed by atoms with Crippen molar-refractivity contribution in [3.05, 3.63) is 6.33 Å². The molecule has 8 nitrogen and oxygen atoms in total. The summed E-state index contributed by atoms with van der Waals surface area (Å²) in [5.74, 6) is -1.01. The highest BCUT2D eigenvalue weighted by Crippen LogP contribution is 2.38. The number of carbonyl (C=O) groups is 2. The minimum atomic E-state index is -0.804. The van der Waals surface area contributed by atoms with Crippen LogP contribution >= 0.6 is 0 Å². The first-order valence-electron chi connectivity index (χ1n) is 6.79. The Bertz CT molecular complexity index is 454. The van der Waals surface area contributed by atoms with Crippen molar-refractivity contribution in [3.63, 3.8) is 0 Å². The maximum Gasteiger partial charge on any atom is 0.303 e. The predicted molar refractivity (Wildman–Crippen MR) is 68.6 cm³/mol. The van der Waals surface area contributed by atoms with Crippen LogP contribution in [0.2, 0.25) is 0 Å². The van der Waals surface area contributed by atoms with E-state index in [-0.39, 0.29) is 24.3 Å². The Hall–Kier alpha value is -1.99. The Morgan fingerprint density at radius 2 is 2.05 bits per heavy atom. The summed E-state index contributed by atoms with van der Waals surface area (Å²) in [6, 6.07) is 0. The van der Waals surface area contributed by atoms with Gasteiger partial charge in [-0.05, 0) is 28.7 Å². The van der Waals surface area contributed by atoms with Gasteiger partial charge in [-0.25, -0.2) is 4.68 Å². The van der Waals surface area contributed by atoms with Gasteiger partial charge in [0.2, 0.25) is 5.91 Å². The fourth-order valence-corrected chi connectivity index (χ4v) is 2.78. The van der Waals surface area contributed by atoms with Crippen LogP contribution in [0.5, 0.6) is 0 Å². The molecule has 1 aromatic rings. The molecule has 0 saturated heterocycles. The molecular weight excluding hydrogens is 262 g/mol. The zero-order valence-electron chi connectivity index (χ0n) is 11.3. The first-order chi connectivity index (χ1) is 9.60. The van der Waals surface area contributed by atoms with Gasteiger partial charge in [-0.2, -0.15) is 0 Å². The molecule has 1 fully saturated rings. The highest BCUT2D eigenvalue weighted by Gasteiger charge is 2.34. The molecule has 1 heterocycles. The normalized spacial score (nSPS) is 17.6. The zero-order valence-corrected chi connectivity index (χ0v) is 11.3. The van der Waals surface area contributed by atoms with Gasteiger partial charge in [-0.1, -0.05) is 19.3 Å². The van der Waals surface area contributed by atoms with Gasteiger partial charge in [-0.3, -0.25) is 9.59 Å². The molecule has 1 saturated carbocycles. The standard InChI is InChI=1S/C12H19N5O3/c18-10(7-17-9-14-15-16-17)13-8-12(6-11(19)20)4-2-1-3-5-12/h9H,1-8H2,(H,13,18)(H,19,20). The number of hydrogen-bond donors (Lipinski definition) is 2. The summed E-state index contributed by atoms with van der Waals surface area (Å²) >= 11 is 0. The van der Waals surface area contributed by atoms with Crippen molar-refractivity contribution in [1.29, 1.82) is 0 Å². The summed E-state index contributed by atoms with van der Waals surface area (Å²) in [5, 5.41) is 22.4. The lowest BCUT2D eigenvalue weighted by Gasteiger charge is -2.36. The second kappa shape index (κ2) is 6.44. The SMILES string of the molecule is O=C(O)CC1(CNC(=O)Cn2cnnn2)CCCCC1. The van der Waals surface area contributed by atoms with Crippen LogP contribution in [0.3, 0.4) is 0 Å². The molecule has 0 bridgehead atoms. The quantitative estimate of drug-likeness (QED) is 0.771. The van der Waals surface area contributed by atoms with Crippen molar-refractivity contribution in [1.82, 2.24) is 25.5 Å². The number of amides is 1. The highest BCUT2D eigenvalue weighted by atomic mass is 16.4. The van der Waals surface area contributed by atoms with E-state index in [0.717, 1.165) is 32.1 Å². The average Bonchev–Trinajstić information content (AvgIpc) is 2.90. The number of carboxylic acid groups (broad SMARTS) is 1. The number of tetrazole rings is 1. The van der Waals surface area contributed by atoms with Crippen LogP contribution in [0.15, 0.2) is 6.33 Å². The monoisotopic (exact) mass is 281 g/mol. The van der Waals surface area contributed by atoms with E-state index >= 15 is 0 Å². The van der Waals surface area contributed by atoms with Crippen LogP contribution < -0.4 is 5.32 Å². The van der Waals surface area contributed by atoms with Crippen LogP contribution in [0.25, 0.3) is 0 Å². The fourth-order valence-electron chi connectivity index (χ4n) is 2.78. The van der Waals surface area contributed by atoms with Crippen LogP contribution in [-0.2, 0) is 16.1 Å². The van der Waals surface area contributed by atoms with Crippen LogP contribution in [0, 0.1) is 5.41 Å². The molecular formula is C12H19N5O3. The number of carboxylic acids is 1. The molecule has 2 rings (SSSR count). The van der Waals surface area contributed by atoms with E-state index < -0.39 is 5.97 Å². The number of aliphatic carboxylic acids is 1. The summed E-state index contributed by atoms with van der Waals surface area (Å²) in [4.78, 5) is 22.8. The minimum Gasteiger partial charge on any atom is -0.481 e. The van der Waals surface area contributed by atoms with Crippen molar-refractivity contribution >= 4 is 11.9 Å². The predicted octanol–water partition coefficient (Wildman–Crippen LogP) is 0.214. The van der Waals surface area contributed by atoms with E-state index in [4.69, 9.17) is 5.11 Å². The lowest BCUT2D eigenvalue weighted by molar-refractivity contribution is -0.140. The number of hydrogen-bond acceptors (Lipinski definition) is 5. The Morgan fingerprint density at radius 3 is 2.65 bits per heavy atom. The average molecular weight is 281 g/mol. The fraction of sp³-hybridized carbons (Fsp3) is 0.750. The van der Waals surface area contributed by atoms with Gasteiger partial charge in [0.25, 0.3) is 0 Å². The van der Waals surface area contributed by atoms with E-state index in [1.54, 1.807) is 0 Å². The van der Waals surface area contributed by atoms with Crippen molar-refractivity contribution in [2.75, 3.05) is 6.54 Å². The molecule has 0 radical (unpaired) electrons.